The van der Waals surface area contributed by atoms with E-state index in [0.717, 1.165) is 11.8 Å². The van der Waals surface area contributed by atoms with Crippen molar-refractivity contribution in [1.82, 2.24) is 5.32 Å². The highest BCUT2D eigenvalue weighted by Crippen LogP contribution is 2.26. The van der Waals surface area contributed by atoms with Crippen LogP contribution in [0, 0.1) is 0 Å². The van der Waals surface area contributed by atoms with Crippen molar-refractivity contribution < 1.29 is 13.2 Å². The normalized spacial score (nSPS) is 12.5. The predicted molar refractivity (Wildman–Crippen MR) is 97.3 cm³/mol. The Hall–Kier alpha value is -1.76. The number of benzene rings is 2. The maximum absolute atomic E-state index is 12.3. The van der Waals surface area contributed by atoms with E-state index >= 15 is 0 Å². The van der Waals surface area contributed by atoms with Crippen LogP contribution in [0.4, 0.5) is 5.69 Å². The molecule has 1 unspecified atom stereocenters. The molecule has 24 heavy (non-hydrogen) atoms. The van der Waals surface area contributed by atoms with E-state index in [2.05, 4.69) is 10.0 Å². The topological polar surface area (TPSA) is 75.3 Å². The lowest BCUT2D eigenvalue weighted by Crippen LogP contribution is -2.26. The summed E-state index contributed by atoms with van der Waals surface area (Å²) in [5.41, 5.74) is 1.55. The van der Waals surface area contributed by atoms with E-state index in [-0.39, 0.29) is 11.9 Å². The smallest absolute Gasteiger partial charge is 0.251 e. The Kier molecular flexibility index (Phi) is 5.74. The summed E-state index contributed by atoms with van der Waals surface area (Å²) in [6, 6.07) is 10.9. The number of rotatable bonds is 5. The summed E-state index contributed by atoms with van der Waals surface area (Å²) in [5, 5.41) is 3.83. The summed E-state index contributed by atoms with van der Waals surface area (Å²) < 4.78 is 24.7. The molecule has 2 rings (SSSR count). The van der Waals surface area contributed by atoms with Crippen LogP contribution in [0.15, 0.2) is 42.5 Å². The monoisotopic (exact) mass is 386 g/mol. The minimum Gasteiger partial charge on any atom is -0.345 e. The summed E-state index contributed by atoms with van der Waals surface area (Å²) in [4.78, 5) is 12.3. The second-order valence-electron chi connectivity index (χ2n) is 5.31. The molecule has 2 aromatic rings. The molecular weight excluding hydrogens is 371 g/mol. The van der Waals surface area contributed by atoms with E-state index in [1.807, 2.05) is 6.92 Å². The van der Waals surface area contributed by atoms with Gasteiger partial charge in [0.2, 0.25) is 10.0 Å². The molecule has 8 heteroatoms. The highest BCUT2D eigenvalue weighted by molar-refractivity contribution is 7.92. The molecule has 1 amide bonds. The molecule has 0 aliphatic heterocycles. The molecule has 5 nitrogen and oxygen atoms in total. The molecule has 1 atom stereocenters. The molecule has 0 spiro atoms. The number of sulfonamides is 1. The fraction of sp³-hybridized carbons (Fsp3) is 0.188. The van der Waals surface area contributed by atoms with E-state index in [9.17, 15) is 13.2 Å². The molecule has 0 aromatic heterocycles. The zero-order valence-corrected chi connectivity index (χ0v) is 15.3. The number of nitrogens with one attached hydrogen (secondary N) is 2. The number of hydrogen-bond acceptors (Lipinski definition) is 3. The van der Waals surface area contributed by atoms with Gasteiger partial charge in [0.25, 0.3) is 5.91 Å². The van der Waals surface area contributed by atoms with Gasteiger partial charge in [0.05, 0.1) is 12.3 Å². The van der Waals surface area contributed by atoms with Crippen molar-refractivity contribution in [1.29, 1.82) is 0 Å². The van der Waals surface area contributed by atoms with Gasteiger partial charge in [0.15, 0.2) is 0 Å². The third-order valence-corrected chi connectivity index (χ3v) is 4.40. The first-order valence-corrected chi connectivity index (χ1v) is 9.64. The van der Waals surface area contributed by atoms with Crippen LogP contribution in [0.2, 0.25) is 10.0 Å². The van der Waals surface area contributed by atoms with Crippen LogP contribution < -0.4 is 10.0 Å². The molecule has 0 fully saturated rings. The first kappa shape index (κ1) is 18.6. The molecule has 0 heterocycles. The standard InChI is InChI=1S/C16H16Cl2N2O3S/c1-10(14-8-5-12(17)9-15(14)18)19-16(21)11-3-6-13(7-4-11)20-24(2,22)23/h3-10,20H,1-2H3,(H,19,21). The third-order valence-electron chi connectivity index (χ3n) is 3.23. The lowest BCUT2D eigenvalue weighted by molar-refractivity contribution is 0.0940. The van der Waals surface area contributed by atoms with E-state index in [1.165, 1.54) is 12.1 Å². The average Bonchev–Trinajstić information content (AvgIpc) is 2.45. The Balaban J connectivity index is 2.09. The first-order chi connectivity index (χ1) is 11.2. The summed E-state index contributed by atoms with van der Waals surface area (Å²) in [7, 11) is -3.35. The number of amides is 1. The molecular formula is C16H16Cl2N2O3S. The molecule has 0 aliphatic rings. The molecule has 0 bridgehead atoms. The Morgan fingerprint density at radius 1 is 1.08 bits per heavy atom. The van der Waals surface area contributed by atoms with Crippen molar-refractivity contribution in [2.24, 2.45) is 0 Å². The maximum Gasteiger partial charge on any atom is 0.251 e. The highest BCUT2D eigenvalue weighted by Gasteiger charge is 2.14. The summed E-state index contributed by atoms with van der Waals surface area (Å²) in [5.74, 6) is -0.292. The number of halogens is 2. The number of hydrogen-bond donors (Lipinski definition) is 2. The van der Waals surface area contributed by atoms with E-state index in [4.69, 9.17) is 23.2 Å². The van der Waals surface area contributed by atoms with Crippen LogP contribution in [0.5, 0.6) is 0 Å². The first-order valence-electron chi connectivity index (χ1n) is 6.99. The third kappa shape index (κ3) is 5.12. The van der Waals surface area contributed by atoms with Crippen molar-refractivity contribution in [3.63, 3.8) is 0 Å². The van der Waals surface area contributed by atoms with Crippen LogP contribution in [0.3, 0.4) is 0 Å². The summed E-state index contributed by atoms with van der Waals surface area (Å²) in [6.07, 6.45) is 1.06. The van der Waals surface area contributed by atoms with Crippen LogP contribution in [-0.2, 0) is 10.0 Å². The Morgan fingerprint density at radius 3 is 2.25 bits per heavy atom. The van der Waals surface area contributed by atoms with Gasteiger partial charge in [0.1, 0.15) is 0 Å². The average molecular weight is 387 g/mol. The summed E-state index contributed by atoms with van der Waals surface area (Å²) >= 11 is 12.0. The molecule has 128 valence electrons. The van der Waals surface area contributed by atoms with E-state index in [0.29, 0.717) is 21.3 Å². The molecule has 0 aliphatic carbocycles. The molecule has 0 saturated heterocycles. The number of carbonyl (C=O) groups is 1. The van der Waals surface area contributed by atoms with Crippen molar-refractivity contribution in [3.8, 4) is 0 Å². The Morgan fingerprint density at radius 2 is 1.71 bits per heavy atom. The van der Waals surface area contributed by atoms with Gasteiger partial charge >= 0.3 is 0 Å². The lowest BCUT2D eigenvalue weighted by atomic mass is 10.1. The largest absolute Gasteiger partial charge is 0.345 e. The van der Waals surface area contributed by atoms with Crippen molar-refractivity contribution >= 4 is 44.8 Å². The van der Waals surface area contributed by atoms with Gasteiger partial charge in [-0.15, -0.1) is 0 Å². The fourth-order valence-electron chi connectivity index (χ4n) is 2.11. The number of anilines is 1. The van der Waals surface area contributed by atoms with Crippen molar-refractivity contribution in [2.75, 3.05) is 11.0 Å². The zero-order valence-electron chi connectivity index (χ0n) is 13.0. The SMILES string of the molecule is CC(NC(=O)c1ccc(NS(C)(=O)=O)cc1)c1ccc(Cl)cc1Cl. The predicted octanol–water partition coefficient (Wildman–Crippen LogP) is 3.86. The van der Waals surface area contributed by atoms with Gasteiger partial charge in [-0.2, -0.15) is 0 Å². The van der Waals surface area contributed by atoms with Gasteiger partial charge < -0.3 is 5.32 Å². The van der Waals surface area contributed by atoms with Gasteiger partial charge in [0, 0.05) is 21.3 Å². The van der Waals surface area contributed by atoms with Gasteiger partial charge in [-0.25, -0.2) is 8.42 Å². The quantitative estimate of drug-likeness (QED) is 0.818. The maximum atomic E-state index is 12.3. The second-order valence-corrected chi connectivity index (χ2v) is 7.90. The van der Waals surface area contributed by atoms with Crippen LogP contribution in [0.25, 0.3) is 0 Å². The Labute approximate surface area is 151 Å². The minimum atomic E-state index is -3.35. The van der Waals surface area contributed by atoms with Crippen molar-refractivity contribution in [2.45, 2.75) is 13.0 Å². The highest BCUT2D eigenvalue weighted by atomic mass is 35.5. The van der Waals surface area contributed by atoms with Crippen LogP contribution >= 0.6 is 23.2 Å². The van der Waals surface area contributed by atoms with E-state index < -0.39 is 10.0 Å². The molecule has 0 saturated carbocycles. The zero-order chi connectivity index (χ0) is 17.9. The summed E-state index contributed by atoms with van der Waals surface area (Å²) in [6.45, 7) is 1.81. The minimum absolute atomic E-state index is 0.292. The van der Waals surface area contributed by atoms with E-state index in [1.54, 1.807) is 30.3 Å². The molecule has 0 radical (unpaired) electrons. The number of carbonyl (C=O) groups excluding carboxylic acids is 1. The molecule has 2 aromatic carbocycles. The van der Waals surface area contributed by atoms with Gasteiger partial charge in [-0.05, 0) is 48.9 Å². The van der Waals surface area contributed by atoms with Gasteiger partial charge in [-0.1, -0.05) is 29.3 Å². The molecule has 2 N–H and O–H groups in total. The van der Waals surface area contributed by atoms with Gasteiger partial charge in [-0.3, -0.25) is 9.52 Å². The van der Waals surface area contributed by atoms with Crippen LogP contribution in [-0.4, -0.2) is 20.6 Å². The fourth-order valence-corrected chi connectivity index (χ4v) is 3.25. The second kappa shape index (κ2) is 7.42. The lowest BCUT2D eigenvalue weighted by Gasteiger charge is -2.16. The Bertz CT molecular complexity index is 852. The van der Waals surface area contributed by atoms with Crippen LogP contribution in [0.1, 0.15) is 28.9 Å². The van der Waals surface area contributed by atoms with Crippen molar-refractivity contribution in [3.05, 3.63) is 63.6 Å².